The minimum atomic E-state index is -1.14. The first kappa shape index (κ1) is 10.8. The van der Waals surface area contributed by atoms with Crippen LogP contribution in [0.4, 0.5) is 0 Å². The van der Waals surface area contributed by atoms with Gasteiger partial charge in [0, 0.05) is 12.5 Å². The Hall–Kier alpha value is -0.160. The summed E-state index contributed by atoms with van der Waals surface area (Å²) in [6, 6.07) is 0. The SMILES string of the molecule is CC(CO)C(C)OC(O)CO. The van der Waals surface area contributed by atoms with Crippen molar-refractivity contribution in [1.82, 2.24) is 0 Å². The van der Waals surface area contributed by atoms with Gasteiger partial charge in [-0.2, -0.15) is 0 Å². The second kappa shape index (κ2) is 5.49. The van der Waals surface area contributed by atoms with E-state index in [2.05, 4.69) is 0 Å². The molecular weight excluding hydrogens is 148 g/mol. The molecule has 0 heterocycles. The summed E-state index contributed by atoms with van der Waals surface area (Å²) < 4.78 is 4.90. The molecule has 68 valence electrons. The molecule has 0 aromatic heterocycles. The number of hydrogen-bond donors (Lipinski definition) is 3. The van der Waals surface area contributed by atoms with Crippen LogP contribution in [0.5, 0.6) is 0 Å². The van der Waals surface area contributed by atoms with Gasteiger partial charge >= 0.3 is 0 Å². The second-order valence-corrected chi connectivity index (χ2v) is 2.64. The average molecular weight is 164 g/mol. The van der Waals surface area contributed by atoms with Crippen molar-refractivity contribution in [2.75, 3.05) is 13.2 Å². The molecule has 4 heteroatoms. The van der Waals surface area contributed by atoms with Crippen molar-refractivity contribution in [2.45, 2.75) is 26.2 Å². The van der Waals surface area contributed by atoms with Crippen LogP contribution >= 0.6 is 0 Å². The van der Waals surface area contributed by atoms with Crippen molar-refractivity contribution in [3.05, 3.63) is 0 Å². The van der Waals surface area contributed by atoms with Crippen LogP contribution in [0.1, 0.15) is 13.8 Å². The Kier molecular flexibility index (Phi) is 5.41. The van der Waals surface area contributed by atoms with Crippen molar-refractivity contribution >= 4 is 0 Å². The Balaban J connectivity index is 3.58. The highest BCUT2D eigenvalue weighted by molar-refractivity contribution is 4.59. The summed E-state index contributed by atoms with van der Waals surface area (Å²) in [6.45, 7) is 3.14. The molecule has 3 atom stereocenters. The zero-order valence-electron chi connectivity index (χ0n) is 6.90. The van der Waals surface area contributed by atoms with E-state index in [4.69, 9.17) is 20.1 Å². The molecule has 3 unspecified atom stereocenters. The highest BCUT2D eigenvalue weighted by Crippen LogP contribution is 2.07. The molecule has 0 aliphatic heterocycles. The Labute approximate surface area is 66.4 Å². The standard InChI is InChI=1S/C7H16O4/c1-5(3-8)6(2)11-7(10)4-9/h5-10H,3-4H2,1-2H3. The maximum atomic E-state index is 8.82. The summed E-state index contributed by atoms with van der Waals surface area (Å²) in [5.74, 6) is -0.0313. The first-order chi connectivity index (χ1) is 5.11. The van der Waals surface area contributed by atoms with E-state index in [9.17, 15) is 0 Å². The second-order valence-electron chi connectivity index (χ2n) is 2.64. The van der Waals surface area contributed by atoms with Crippen molar-refractivity contribution in [2.24, 2.45) is 5.92 Å². The third-order valence-corrected chi connectivity index (χ3v) is 1.62. The third kappa shape index (κ3) is 4.31. The van der Waals surface area contributed by atoms with Crippen molar-refractivity contribution in [3.8, 4) is 0 Å². The van der Waals surface area contributed by atoms with E-state index in [0.29, 0.717) is 0 Å². The highest BCUT2D eigenvalue weighted by atomic mass is 16.6. The molecular formula is C7H16O4. The first-order valence-electron chi connectivity index (χ1n) is 3.67. The fraction of sp³-hybridized carbons (Fsp3) is 1.00. The Morgan fingerprint density at radius 3 is 2.09 bits per heavy atom. The molecule has 0 rings (SSSR count). The summed E-state index contributed by atoms with van der Waals surface area (Å²) in [7, 11) is 0. The van der Waals surface area contributed by atoms with E-state index < -0.39 is 12.9 Å². The van der Waals surface area contributed by atoms with Gasteiger partial charge in [0.25, 0.3) is 0 Å². The van der Waals surface area contributed by atoms with Gasteiger partial charge in [-0.15, -0.1) is 0 Å². The van der Waals surface area contributed by atoms with Crippen LogP contribution in [0.15, 0.2) is 0 Å². The molecule has 0 aromatic rings. The number of aliphatic hydroxyl groups excluding tert-OH is 3. The van der Waals surface area contributed by atoms with E-state index >= 15 is 0 Å². The Morgan fingerprint density at radius 1 is 1.18 bits per heavy atom. The minimum absolute atomic E-state index is 0.0132. The van der Waals surface area contributed by atoms with Gasteiger partial charge < -0.3 is 20.1 Å². The van der Waals surface area contributed by atoms with E-state index in [1.165, 1.54) is 0 Å². The van der Waals surface area contributed by atoms with Gasteiger partial charge in [0.1, 0.15) is 0 Å². The normalized spacial score (nSPS) is 19.4. The van der Waals surface area contributed by atoms with Gasteiger partial charge in [-0.1, -0.05) is 6.92 Å². The molecule has 0 bridgehead atoms. The maximum Gasteiger partial charge on any atom is 0.178 e. The van der Waals surface area contributed by atoms with E-state index in [0.717, 1.165) is 0 Å². The summed E-state index contributed by atoms with van der Waals surface area (Å²) in [6.07, 6.45) is -1.39. The molecule has 0 aromatic carbocycles. The van der Waals surface area contributed by atoms with Crippen LogP contribution in [-0.4, -0.2) is 40.9 Å². The number of ether oxygens (including phenoxy) is 1. The van der Waals surface area contributed by atoms with Gasteiger partial charge in [0.15, 0.2) is 6.29 Å². The largest absolute Gasteiger partial charge is 0.396 e. The quantitative estimate of drug-likeness (QED) is 0.471. The molecule has 11 heavy (non-hydrogen) atoms. The fourth-order valence-electron chi connectivity index (χ4n) is 0.573. The number of aliphatic hydroxyl groups is 3. The molecule has 3 N–H and O–H groups in total. The highest BCUT2D eigenvalue weighted by Gasteiger charge is 2.14. The molecule has 0 aliphatic carbocycles. The van der Waals surface area contributed by atoms with Gasteiger partial charge in [-0.25, -0.2) is 0 Å². The lowest BCUT2D eigenvalue weighted by Crippen LogP contribution is -2.28. The number of rotatable bonds is 5. The lowest BCUT2D eigenvalue weighted by atomic mass is 10.1. The zero-order chi connectivity index (χ0) is 8.85. The summed E-state index contributed by atoms with van der Waals surface area (Å²) in [5.41, 5.74) is 0. The number of hydrogen-bond acceptors (Lipinski definition) is 4. The third-order valence-electron chi connectivity index (χ3n) is 1.62. The molecule has 4 nitrogen and oxygen atoms in total. The molecule has 0 amide bonds. The van der Waals surface area contributed by atoms with E-state index in [1.807, 2.05) is 0 Å². The van der Waals surface area contributed by atoms with Crippen LogP contribution in [0.25, 0.3) is 0 Å². The van der Waals surface area contributed by atoms with Gasteiger partial charge in [0.2, 0.25) is 0 Å². The lowest BCUT2D eigenvalue weighted by Gasteiger charge is -2.20. The Bertz CT molecular complexity index is 96.4. The average Bonchev–Trinajstić information content (AvgIpc) is 2.02. The van der Waals surface area contributed by atoms with E-state index in [-0.39, 0.29) is 18.6 Å². The maximum absolute atomic E-state index is 8.82. The predicted molar refractivity (Wildman–Crippen MR) is 39.9 cm³/mol. The van der Waals surface area contributed by atoms with Crippen LogP contribution in [0.2, 0.25) is 0 Å². The molecule has 0 spiro atoms. The van der Waals surface area contributed by atoms with Crippen molar-refractivity contribution in [3.63, 3.8) is 0 Å². The van der Waals surface area contributed by atoms with Crippen LogP contribution < -0.4 is 0 Å². The van der Waals surface area contributed by atoms with Crippen LogP contribution in [-0.2, 0) is 4.74 Å². The topological polar surface area (TPSA) is 69.9 Å². The molecule has 0 radical (unpaired) electrons. The van der Waals surface area contributed by atoms with Gasteiger partial charge in [0.05, 0.1) is 12.7 Å². The lowest BCUT2D eigenvalue weighted by molar-refractivity contribution is -0.165. The smallest absolute Gasteiger partial charge is 0.178 e. The van der Waals surface area contributed by atoms with Crippen molar-refractivity contribution < 1.29 is 20.1 Å². The Morgan fingerprint density at radius 2 is 1.73 bits per heavy atom. The van der Waals surface area contributed by atoms with Gasteiger partial charge in [-0.05, 0) is 6.92 Å². The van der Waals surface area contributed by atoms with Crippen molar-refractivity contribution in [1.29, 1.82) is 0 Å². The summed E-state index contributed by atoms with van der Waals surface area (Å²) >= 11 is 0. The monoisotopic (exact) mass is 164 g/mol. The zero-order valence-corrected chi connectivity index (χ0v) is 6.90. The van der Waals surface area contributed by atoms with Crippen LogP contribution in [0.3, 0.4) is 0 Å². The summed E-state index contributed by atoms with van der Waals surface area (Å²) in [5, 5.41) is 25.9. The summed E-state index contributed by atoms with van der Waals surface area (Å²) in [4.78, 5) is 0. The molecule has 0 saturated heterocycles. The molecule has 0 aliphatic rings. The van der Waals surface area contributed by atoms with Crippen LogP contribution in [0, 0.1) is 5.92 Å². The van der Waals surface area contributed by atoms with E-state index in [1.54, 1.807) is 13.8 Å². The minimum Gasteiger partial charge on any atom is -0.396 e. The fourth-order valence-corrected chi connectivity index (χ4v) is 0.573. The predicted octanol–water partition coefficient (Wildman–Crippen LogP) is -0.669. The molecule has 0 fully saturated rings. The van der Waals surface area contributed by atoms with Gasteiger partial charge in [-0.3, -0.25) is 0 Å². The first-order valence-corrected chi connectivity index (χ1v) is 3.67. The molecule has 0 saturated carbocycles.